The molecule has 0 radical (unpaired) electrons. The lowest BCUT2D eigenvalue weighted by Crippen LogP contribution is -2.35. The molecule has 0 bridgehead atoms. The number of methoxy groups -OCH3 is 1. The number of carbonyl (C=O) groups is 1. The summed E-state index contributed by atoms with van der Waals surface area (Å²) in [5.41, 5.74) is 1.27. The standard InChI is InChI=1S/C16H19F2NO2/c1-10-4-5-11(14(20)21-3)12(8-10)19-7-6-15(2)13(9-19)16(15,17)18/h4-5,8,13H,6-7,9H2,1-3H3. The Bertz CT molecular complexity index is 602. The number of rotatable bonds is 2. The number of hydrogen-bond donors (Lipinski definition) is 0. The van der Waals surface area contributed by atoms with E-state index < -0.39 is 23.2 Å². The first-order valence-corrected chi connectivity index (χ1v) is 7.13. The molecule has 1 aromatic rings. The number of nitrogens with zero attached hydrogens (tertiary/aromatic N) is 1. The number of hydrogen-bond acceptors (Lipinski definition) is 3. The number of benzene rings is 1. The predicted molar refractivity (Wildman–Crippen MR) is 75.9 cm³/mol. The molecule has 2 atom stereocenters. The highest BCUT2D eigenvalue weighted by Crippen LogP contribution is 2.69. The Hall–Kier alpha value is -1.65. The third kappa shape index (κ3) is 1.93. The van der Waals surface area contributed by atoms with E-state index in [0.29, 0.717) is 24.2 Å². The SMILES string of the molecule is COC(=O)c1ccc(C)cc1N1CCC2(C)C(C1)C2(F)F. The second-order valence-electron chi connectivity index (χ2n) is 6.30. The molecule has 1 saturated carbocycles. The molecule has 0 amide bonds. The second-order valence-corrected chi connectivity index (χ2v) is 6.30. The van der Waals surface area contributed by atoms with E-state index in [1.165, 1.54) is 7.11 Å². The summed E-state index contributed by atoms with van der Waals surface area (Å²) in [6.07, 6.45) is 0.444. The van der Waals surface area contributed by atoms with E-state index in [1.54, 1.807) is 13.0 Å². The number of ether oxygens (including phenoxy) is 1. The molecule has 0 aromatic heterocycles. The monoisotopic (exact) mass is 295 g/mol. The molecule has 2 unspecified atom stereocenters. The lowest BCUT2D eigenvalue weighted by Gasteiger charge is -2.31. The molecule has 5 heteroatoms. The first kappa shape index (κ1) is 14.3. The summed E-state index contributed by atoms with van der Waals surface area (Å²) in [6, 6.07) is 5.40. The minimum Gasteiger partial charge on any atom is -0.465 e. The Morgan fingerprint density at radius 1 is 1.43 bits per heavy atom. The van der Waals surface area contributed by atoms with Crippen molar-refractivity contribution in [3.63, 3.8) is 0 Å². The van der Waals surface area contributed by atoms with Crippen LogP contribution >= 0.6 is 0 Å². The van der Waals surface area contributed by atoms with E-state index in [1.807, 2.05) is 24.0 Å². The van der Waals surface area contributed by atoms with Crippen molar-refractivity contribution in [3.8, 4) is 0 Å². The third-order valence-electron chi connectivity index (χ3n) is 5.09. The minimum atomic E-state index is -2.59. The van der Waals surface area contributed by atoms with Gasteiger partial charge in [0, 0.05) is 18.5 Å². The average Bonchev–Trinajstić information content (AvgIpc) is 2.91. The lowest BCUT2D eigenvalue weighted by atomic mass is 9.96. The molecule has 1 aliphatic carbocycles. The molecule has 0 N–H and O–H groups in total. The van der Waals surface area contributed by atoms with Gasteiger partial charge in [0.25, 0.3) is 5.92 Å². The van der Waals surface area contributed by atoms with Crippen LogP contribution in [0.3, 0.4) is 0 Å². The first-order chi connectivity index (χ1) is 9.81. The summed E-state index contributed by atoms with van der Waals surface area (Å²) in [6.45, 7) is 4.41. The number of aryl methyl sites for hydroxylation is 1. The topological polar surface area (TPSA) is 29.5 Å². The zero-order valence-electron chi connectivity index (χ0n) is 12.5. The van der Waals surface area contributed by atoms with Gasteiger partial charge in [-0.25, -0.2) is 13.6 Å². The Morgan fingerprint density at radius 2 is 2.14 bits per heavy atom. The normalized spacial score (nSPS) is 29.8. The number of fused-ring (bicyclic) bond motifs is 1. The molecular weight excluding hydrogens is 276 g/mol. The van der Waals surface area contributed by atoms with Gasteiger partial charge in [0.15, 0.2) is 0 Å². The Labute approximate surface area is 122 Å². The first-order valence-electron chi connectivity index (χ1n) is 7.13. The van der Waals surface area contributed by atoms with E-state index in [-0.39, 0.29) is 6.54 Å². The number of anilines is 1. The fraction of sp³-hybridized carbons (Fsp3) is 0.562. The van der Waals surface area contributed by atoms with Crippen LogP contribution in [-0.4, -0.2) is 32.1 Å². The van der Waals surface area contributed by atoms with Crippen molar-refractivity contribution in [2.45, 2.75) is 26.2 Å². The van der Waals surface area contributed by atoms with Gasteiger partial charge >= 0.3 is 5.97 Å². The number of alkyl halides is 2. The summed E-state index contributed by atoms with van der Waals surface area (Å²) in [7, 11) is 1.33. The van der Waals surface area contributed by atoms with E-state index >= 15 is 0 Å². The van der Waals surface area contributed by atoms with E-state index in [0.717, 1.165) is 5.56 Å². The van der Waals surface area contributed by atoms with E-state index in [2.05, 4.69) is 0 Å². The molecule has 1 aromatic carbocycles. The molecule has 0 spiro atoms. The highest BCUT2D eigenvalue weighted by molar-refractivity contribution is 5.96. The van der Waals surface area contributed by atoms with Crippen LogP contribution in [0.1, 0.15) is 29.3 Å². The average molecular weight is 295 g/mol. The molecule has 1 saturated heterocycles. The Kier molecular flexibility index (Phi) is 3.01. The summed E-state index contributed by atoms with van der Waals surface area (Å²) >= 11 is 0. The summed E-state index contributed by atoms with van der Waals surface area (Å²) in [5, 5.41) is 0. The van der Waals surface area contributed by atoms with Gasteiger partial charge in [-0.1, -0.05) is 13.0 Å². The Morgan fingerprint density at radius 3 is 2.76 bits per heavy atom. The number of halogens is 2. The quantitative estimate of drug-likeness (QED) is 0.784. The number of esters is 1. The van der Waals surface area contributed by atoms with Crippen LogP contribution in [0, 0.1) is 18.3 Å². The zero-order chi connectivity index (χ0) is 15.4. The van der Waals surface area contributed by atoms with Gasteiger partial charge in [-0.05, 0) is 31.0 Å². The summed E-state index contributed by atoms with van der Waals surface area (Å²) in [5.74, 6) is -3.64. The highest BCUT2D eigenvalue weighted by Gasteiger charge is 2.78. The van der Waals surface area contributed by atoms with Crippen LogP contribution in [-0.2, 0) is 4.74 Å². The fourth-order valence-electron chi connectivity index (χ4n) is 3.41. The second kappa shape index (κ2) is 4.42. The summed E-state index contributed by atoms with van der Waals surface area (Å²) < 4.78 is 32.5. The van der Waals surface area contributed by atoms with Gasteiger partial charge < -0.3 is 9.64 Å². The van der Waals surface area contributed by atoms with Crippen LogP contribution in [0.25, 0.3) is 0 Å². The van der Waals surface area contributed by atoms with Gasteiger partial charge in [-0.3, -0.25) is 0 Å². The van der Waals surface area contributed by atoms with E-state index in [4.69, 9.17) is 4.74 Å². The van der Waals surface area contributed by atoms with Crippen LogP contribution < -0.4 is 4.90 Å². The van der Waals surface area contributed by atoms with Crippen molar-refractivity contribution in [1.82, 2.24) is 0 Å². The van der Waals surface area contributed by atoms with Gasteiger partial charge in [0.2, 0.25) is 0 Å². The molecule has 1 aliphatic heterocycles. The van der Waals surface area contributed by atoms with Crippen molar-refractivity contribution in [3.05, 3.63) is 29.3 Å². The Balaban J connectivity index is 1.92. The predicted octanol–water partition coefficient (Wildman–Crippen LogP) is 3.26. The fourth-order valence-corrected chi connectivity index (χ4v) is 3.41. The van der Waals surface area contributed by atoms with Crippen molar-refractivity contribution < 1.29 is 18.3 Å². The highest BCUT2D eigenvalue weighted by atomic mass is 19.3. The maximum absolute atomic E-state index is 13.9. The molecule has 21 heavy (non-hydrogen) atoms. The van der Waals surface area contributed by atoms with Gasteiger partial charge in [-0.2, -0.15) is 0 Å². The van der Waals surface area contributed by atoms with Crippen molar-refractivity contribution in [2.75, 3.05) is 25.1 Å². The van der Waals surface area contributed by atoms with Gasteiger partial charge in [0.1, 0.15) is 0 Å². The maximum Gasteiger partial charge on any atom is 0.339 e. The van der Waals surface area contributed by atoms with Crippen LogP contribution in [0.15, 0.2) is 18.2 Å². The molecule has 3 rings (SSSR count). The molecule has 114 valence electrons. The zero-order valence-corrected chi connectivity index (χ0v) is 12.5. The van der Waals surface area contributed by atoms with Gasteiger partial charge in [0.05, 0.1) is 24.3 Å². The maximum atomic E-state index is 13.9. The van der Waals surface area contributed by atoms with Crippen molar-refractivity contribution in [2.24, 2.45) is 11.3 Å². The van der Waals surface area contributed by atoms with E-state index in [9.17, 15) is 13.6 Å². The minimum absolute atomic E-state index is 0.289. The molecule has 2 aliphatic rings. The smallest absolute Gasteiger partial charge is 0.339 e. The van der Waals surface area contributed by atoms with Crippen molar-refractivity contribution in [1.29, 1.82) is 0 Å². The molecule has 3 nitrogen and oxygen atoms in total. The van der Waals surface area contributed by atoms with Crippen molar-refractivity contribution >= 4 is 11.7 Å². The van der Waals surface area contributed by atoms with Crippen LogP contribution in [0.4, 0.5) is 14.5 Å². The lowest BCUT2D eigenvalue weighted by molar-refractivity contribution is 0.0600. The van der Waals surface area contributed by atoms with Gasteiger partial charge in [-0.15, -0.1) is 0 Å². The summed E-state index contributed by atoms with van der Waals surface area (Å²) in [4.78, 5) is 13.8. The molecule has 1 heterocycles. The number of piperidine rings is 1. The third-order valence-corrected chi connectivity index (χ3v) is 5.09. The molecular formula is C16H19F2NO2. The van der Waals surface area contributed by atoms with Crippen LogP contribution in [0.2, 0.25) is 0 Å². The largest absolute Gasteiger partial charge is 0.465 e. The molecule has 2 fully saturated rings. The number of carbonyl (C=O) groups excluding carboxylic acids is 1. The van der Waals surface area contributed by atoms with Crippen LogP contribution in [0.5, 0.6) is 0 Å².